The molecule has 0 fully saturated rings. The van der Waals surface area contributed by atoms with Crippen LogP contribution >= 0.6 is 0 Å². The van der Waals surface area contributed by atoms with E-state index in [-0.39, 0.29) is 37.2 Å². The van der Waals surface area contributed by atoms with Crippen LogP contribution in [0.3, 0.4) is 0 Å². The van der Waals surface area contributed by atoms with Crippen LogP contribution < -0.4 is 19.7 Å². The van der Waals surface area contributed by atoms with Crippen molar-refractivity contribution in [1.29, 1.82) is 0 Å². The molecule has 3 rings (SSSR count). The van der Waals surface area contributed by atoms with Crippen LogP contribution in [0.15, 0.2) is 42.5 Å². The SMILES string of the molecule is CCCOc1ccccc1NC(=O)CCN1C(=O)COc2ccc(C(C)=O)cc21. The number of fused-ring (bicyclic) bond motifs is 1. The molecule has 2 aromatic carbocycles. The van der Waals surface area contributed by atoms with Crippen LogP contribution in [0.2, 0.25) is 0 Å². The lowest BCUT2D eigenvalue weighted by Crippen LogP contribution is -2.40. The molecule has 0 atom stereocenters. The van der Waals surface area contributed by atoms with Crippen molar-refractivity contribution in [3.8, 4) is 11.5 Å². The lowest BCUT2D eigenvalue weighted by atomic mass is 10.1. The number of nitrogens with one attached hydrogen (secondary N) is 1. The van der Waals surface area contributed by atoms with Crippen molar-refractivity contribution in [2.24, 2.45) is 0 Å². The predicted molar refractivity (Wildman–Crippen MR) is 110 cm³/mol. The number of rotatable bonds is 8. The van der Waals surface area contributed by atoms with Gasteiger partial charge in [-0.1, -0.05) is 19.1 Å². The minimum Gasteiger partial charge on any atom is -0.491 e. The highest BCUT2D eigenvalue weighted by molar-refractivity contribution is 6.02. The normalized spacial score (nSPS) is 12.8. The maximum absolute atomic E-state index is 12.5. The second kappa shape index (κ2) is 9.23. The average molecular weight is 396 g/mol. The summed E-state index contributed by atoms with van der Waals surface area (Å²) in [6.45, 7) is 4.12. The summed E-state index contributed by atoms with van der Waals surface area (Å²) in [5.41, 5.74) is 1.59. The van der Waals surface area contributed by atoms with Gasteiger partial charge in [-0.05, 0) is 43.7 Å². The van der Waals surface area contributed by atoms with E-state index in [9.17, 15) is 14.4 Å². The molecule has 1 aliphatic heterocycles. The molecular weight excluding hydrogens is 372 g/mol. The standard InChI is InChI=1S/C22H24N2O5/c1-3-12-28-19-7-5-4-6-17(19)23-21(26)10-11-24-18-13-16(15(2)25)8-9-20(18)29-14-22(24)27/h4-9,13H,3,10-12,14H2,1-2H3,(H,23,26). The van der Waals surface area contributed by atoms with E-state index in [1.807, 2.05) is 19.1 Å². The van der Waals surface area contributed by atoms with Gasteiger partial charge in [0.1, 0.15) is 11.5 Å². The fourth-order valence-electron chi connectivity index (χ4n) is 3.00. The number of hydrogen-bond donors (Lipinski definition) is 1. The van der Waals surface area contributed by atoms with E-state index in [0.29, 0.717) is 35.0 Å². The molecule has 0 aromatic heterocycles. The van der Waals surface area contributed by atoms with E-state index in [2.05, 4.69) is 5.32 Å². The largest absolute Gasteiger partial charge is 0.491 e. The van der Waals surface area contributed by atoms with Crippen molar-refractivity contribution in [3.63, 3.8) is 0 Å². The van der Waals surface area contributed by atoms with Crippen LogP contribution in [0.1, 0.15) is 37.0 Å². The Morgan fingerprint density at radius 1 is 1.21 bits per heavy atom. The van der Waals surface area contributed by atoms with E-state index < -0.39 is 0 Å². The van der Waals surface area contributed by atoms with Gasteiger partial charge in [0.25, 0.3) is 5.91 Å². The van der Waals surface area contributed by atoms with Crippen molar-refractivity contribution in [1.82, 2.24) is 0 Å². The molecule has 1 N–H and O–H groups in total. The molecule has 0 saturated carbocycles. The highest BCUT2D eigenvalue weighted by atomic mass is 16.5. The molecule has 29 heavy (non-hydrogen) atoms. The van der Waals surface area contributed by atoms with Crippen LogP contribution in [-0.2, 0) is 9.59 Å². The van der Waals surface area contributed by atoms with Gasteiger partial charge < -0.3 is 19.7 Å². The molecular formula is C22H24N2O5. The van der Waals surface area contributed by atoms with Gasteiger partial charge in [-0.25, -0.2) is 0 Å². The number of benzene rings is 2. The molecule has 0 unspecified atom stereocenters. The summed E-state index contributed by atoms with van der Waals surface area (Å²) in [4.78, 5) is 38.0. The van der Waals surface area contributed by atoms with E-state index in [1.165, 1.54) is 11.8 Å². The maximum atomic E-state index is 12.5. The number of Topliss-reactive ketones (excluding diaryl/α,β-unsaturated/α-hetero) is 1. The first-order valence-corrected chi connectivity index (χ1v) is 9.59. The Balaban J connectivity index is 1.69. The second-order valence-corrected chi connectivity index (χ2v) is 6.72. The Hall–Kier alpha value is -3.35. The van der Waals surface area contributed by atoms with Crippen molar-refractivity contribution in [3.05, 3.63) is 48.0 Å². The number of carbonyl (C=O) groups excluding carboxylic acids is 3. The van der Waals surface area contributed by atoms with E-state index in [4.69, 9.17) is 9.47 Å². The first kappa shape index (κ1) is 20.4. The smallest absolute Gasteiger partial charge is 0.265 e. The Labute approximate surface area is 169 Å². The molecule has 0 radical (unpaired) electrons. The minimum absolute atomic E-state index is 0.0948. The number of para-hydroxylation sites is 2. The quantitative estimate of drug-likeness (QED) is 0.691. The Morgan fingerprint density at radius 3 is 2.76 bits per heavy atom. The van der Waals surface area contributed by atoms with Crippen LogP contribution in [0.25, 0.3) is 0 Å². The number of amides is 2. The molecule has 7 heteroatoms. The number of hydrogen-bond acceptors (Lipinski definition) is 5. The summed E-state index contributed by atoms with van der Waals surface area (Å²) in [5.74, 6) is 0.543. The summed E-state index contributed by atoms with van der Waals surface area (Å²) in [6.07, 6.45) is 0.959. The zero-order valence-corrected chi connectivity index (χ0v) is 16.6. The van der Waals surface area contributed by atoms with Crippen LogP contribution in [-0.4, -0.2) is 37.4 Å². The van der Waals surface area contributed by atoms with Gasteiger partial charge in [-0.2, -0.15) is 0 Å². The lowest BCUT2D eigenvalue weighted by molar-refractivity contribution is -0.121. The summed E-state index contributed by atoms with van der Waals surface area (Å²) in [6, 6.07) is 12.2. The zero-order valence-electron chi connectivity index (χ0n) is 16.6. The highest BCUT2D eigenvalue weighted by Gasteiger charge is 2.26. The molecule has 0 saturated heterocycles. The van der Waals surface area contributed by atoms with Gasteiger partial charge in [0.15, 0.2) is 12.4 Å². The third-order valence-electron chi connectivity index (χ3n) is 4.49. The Kier molecular flexibility index (Phi) is 6.49. The summed E-state index contributed by atoms with van der Waals surface area (Å²) in [5, 5.41) is 2.84. The summed E-state index contributed by atoms with van der Waals surface area (Å²) in [7, 11) is 0. The summed E-state index contributed by atoms with van der Waals surface area (Å²) >= 11 is 0. The predicted octanol–water partition coefficient (Wildman–Crippen LogP) is 3.43. The fraction of sp³-hybridized carbons (Fsp3) is 0.318. The zero-order chi connectivity index (χ0) is 20.8. The molecule has 0 aliphatic carbocycles. The average Bonchev–Trinajstić information content (AvgIpc) is 2.72. The minimum atomic E-state index is -0.252. The van der Waals surface area contributed by atoms with Crippen LogP contribution in [0.4, 0.5) is 11.4 Å². The van der Waals surface area contributed by atoms with Crippen molar-refractivity contribution >= 4 is 29.0 Å². The van der Waals surface area contributed by atoms with Crippen LogP contribution in [0, 0.1) is 0 Å². The number of ether oxygens (including phenoxy) is 2. The summed E-state index contributed by atoms with van der Waals surface area (Å²) < 4.78 is 11.1. The molecule has 1 heterocycles. The third-order valence-corrected chi connectivity index (χ3v) is 4.49. The first-order chi connectivity index (χ1) is 14.0. The second-order valence-electron chi connectivity index (χ2n) is 6.72. The molecule has 152 valence electrons. The van der Waals surface area contributed by atoms with Gasteiger partial charge in [-0.15, -0.1) is 0 Å². The van der Waals surface area contributed by atoms with E-state index in [0.717, 1.165) is 6.42 Å². The molecule has 2 amide bonds. The van der Waals surface area contributed by atoms with E-state index >= 15 is 0 Å². The van der Waals surface area contributed by atoms with Gasteiger partial charge >= 0.3 is 0 Å². The molecule has 1 aliphatic rings. The fourth-order valence-corrected chi connectivity index (χ4v) is 3.00. The van der Waals surface area contributed by atoms with Crippen molar-refractivity contribution in [2.75, 3.05) is 30.0 Å². The Morgan fingerprint density at radius 2 is 2.00 bits per heavy atom. The molecule has 7 nitrogen and oxygen atoms in total. The van der Waals surface area contributed by atoms with E-state index in [1.54, 1.807) is 30.3 Å². The number of carbonyl (C=O) groups is 3. The topological polar surface area (TPSA) is 84.9 Å². The Bertz CT molecular complexity index is 925. The lowest BCUT2D eigenvalue weighted by Gasteiger charge is -2.29. The number of ketones is 1. The number of nitrogens with zero attached hydrogens (tertiary/aromatic N) is 1. The van der Waals surface area contributed by atoms with Crippen molar-refractivity contribution in [2.45, 2.75) is 26.7 Å². The maximum Gasteiger partial charge on any atom is 0.265 e. The highest BCUT2D eigenvalue weighted by Crippen LogP contribution is 2.33. The van der Waals surface area contributed by atoms with Gasteiger partial charge in [0.2, 0.25) is 5.91 Å². The van der Waals surface area contributed by atoms with Gasteiger partial charge in [0, 0.05) is 18.5 Å². The van der Waals surface area contributed by atoms with Gasteiger partial charge in [0.05, 0.1) is 18.0 Å². The molecule has 2 aromatic rings. The third kappa shape index (κ3) is 4.93. The number of anilines is 2. The molecule has 0 spiro atoms. The van der Waals surface area contributed by atoms with Crippen molar-refractivity contribution < 1.29 is 23.9 Å². The van der Waals surface area contributed by atoms with Crippen LogP contribution in [0.5, 0.6) is 11.5 Å². The van der Waals surface area contributed by atoms with Gasteiger partial charge in [-0.3, -0.25) is 14.4 Å². The first-order valence-electron chi connectivity index (χ1n) is 9.59. The monoisotopic (exact) mass is 396 g/mol. The molecule has 0 bridgehead atoms.